The minimum Gasteiger partial charge on any atom is -0.396 e. The molecule has 2 aliphatic heterocycles. The second-order valence-corrected chi connectivity index (χ2v) is 8.25. The molecule has 8 nitrogen and oxygen atoms in total. The minimum atomic E-state index is -0.650. The smallest absolute Gasteiger partial charge is 0.258 e. The number of rotatable bonds is 6. The Morgan fingerprint density at radius 3 is 2.66 bits per heavy atom. The molecule has 4 rings (SSSR count). The summed E-state index contributed by atoms with van der Waals surface area (Å²) in [6.45, 7) is 4.30. The zero-order valence-electron chi connectivity index (χ0n) is 18.3. The highest BCUT2D eigenvalue weighted by molar-refractivity contribution is 5.96. The Morgan fingerprint density at radius 1 is 1.25 bits per heavy atom. The number of nitrogens with one attached hydrogen (secondary N) is 1. The maximum atomic E-state index is 13.6. The van der Waals surface area contributed by atoms with E-state index < -0.39 is 23.9 Å². The fraction of sp³-hybridized carbons (Fsp3) is 0.417. The Morgan fingerprint density at radius 2 is 2.00 bits per heavy atom. The van der Waals surface area contributed by atoms with Crippen molar-refractivity contribution in [1.29, 1.82) is 0 Å². The molecule has 1 fully saturated rings. The third-order valence-corrected chi connectivity index (χ3v) is 6.43. The minimum absolute atomic E-state index is 0.155. The average Bonchev–Trinajstić information content (AvgIpc) is 3.06. The number of carbonyl (C=O) groups is 2. The zero-order valence-corrected chi connectivity index (χ0v) is 18.3. The maximum Gasteiger partial charge on any atom is 0.258 e. The maximum absolute atomic E-state index is 13.6. The molecule has 2 aromatic heterocycles. The summed E-state index contributed by atoms with van der Waals surface area (Å²) in [6.07, 6.45) is 7.43. The first-order chi connectivity index (χ1) is 15.5. The van der Waals surface area contributed by atoms with Gasteiger partial charge in [-0.1, -0.05) is 19.1 Å². The molecule has 1 saturated heterocycles. The Labute approximate surface area is 186 Å². The molecule has 0 spiro atoms. The van der Waals surface area contributed by atoms with Gasteiger partial charge in [-0.15, -0.1) is 0 Å². The first-order valence-corrected chi connectivity index (χ1v) is 11.0. The van der Waals surface area contributed by atoms with Gasteiger partial charge in [0.1, 0.15) is 0 Å². The van der Waals surface area contributed by atoms with Crippen molar-refractivity contribution in [2.75, 3.05) is 13.2 Å². The molecule has 4 atom stereocenters. The SMILES string of the molecule is C/C=C/c1ccc2n(c1=O)C[C@H]1[C@H](CO)[C@@H](C(=O)NCCC)[C@@H]2N1C(=O)c1ccncc1. The highest BCUT2D eigenvalue weighted by atomic mass is 16.3. The fourth-order valence-electron chi connectivity index (χ4n) is 5.02. The standard InChI is InChI=1S/C24H28N4O4/c1-3-5-15-6-7-18-21-20(22(30)26-10-4-2)17(14-29)19(13-27(18)23(15)31)28(21)24(32)16-8-11-25-12-9-16/h3,5-9,11-12,17,19-21,29H,4,10,13-14H2,1-2H3,(H,26,30)/b5-3+/t17-,19-,20+,21+/m0/s1. The normalized spacial score (nSPS) is 23.9. The number of aromatic nitrogens is 2. The van der Waals surface area contributed by atoms with Crippen LogP contribution in [0.25, 0.3) is 6.08 Å². The van der Waals surface area contributed by atoms with Crippen molar-refractivity contribution in [2.24, 2.45) is 11.8 Å². The van der Waals surface area contributed by atoms with Gasteiger partial charge in [0, 0.05) is 54.8 Å². The second-order valence-electron chi connectivity index (χ2n) is 8.25. The first kappa shape index (κ1) is 22.0. The monoisotopic (exact) mass is 436 g/mol. The molecule has 0 aromatic carbocycles. The van der Waals surface area contributed by atoms with Gasteiger partial charge in [-0.3, -0.25) is 19.4 Å². The average molecular weight is 437 g/mol. The molecule has 2 bridgehead atoms. The summed E-state index contributed by atoms with van der Waals surface area (Å²) in [5.74, 6) is -1.57. The Kier molecular flexibility index (Phi) is 6.23. The summed E-state index contributed by atoms with van der Waals surface area (Å²) < 4.78 is 1.66. The molecule has 0 unspecified atom stereocenters. The third-order valence-electron chi connectivity index (χ3n) is 6.43. The van der Waals surface area contributed by atoms with Gasteiger partial charge in [-0.25, -0.2) is 0 Å². The van der Waals surface area contributed by atoms with E-state index in [9.17, 15) is 19.5 Å². The van der Waals surface area contributed by atoms with E-state index in [1.54, 1.807) is 52.2 Å². The van der Waals surface area contributed by atoms with E-state index in [1.807, 2.05) is 19.9 Å². The number of nitrogens with zero attached hydrogens (tertiary/aromatic N) is 3. The van der Waals surface area contributed by atoms with Crippen LogP contribution in [0, 0.1) is 11.8 Å². The summed E-state index contributed by atoms with van der Waals surface area (Å²) in [6, 6.07) is 5.71. The molecule has 4 heterocycles. The molecule has 2 aliphatic rings. The van der Waals surface area contributed by atoms with E-state index in [4.69, 9.17) is 0 Å². The van der Waals surface area contributed by atoms with Gasteiger partial charge in [-0.05, 0) is 37.6 Å². The van der Waals surface area contributed by atoms with Crippen molar-refractivity contribution in [3.63, 3.8) is 0 Å². The van der Waals surface area contributed by atoms with Gasteiger partial charge in [0.15, 0.2) is 0 Å². The lowest BCUT2D eigenvalue weighted by molar-refractivity contribution is -0.127. The molecule has 0 aliphatic carbocycles. The van der Waals surface area contributed by atoms with Crippen LogP contribution in [0.1, 0.15) is 47.9 Å². The van der Waals surface area contributed by atoms with Gasteiger partial charge < -0.3 is 19.9 Å². The predicted octanol–water partition coefficient (Wildman–Crippen LogP) is 1.61. The van der Waals surface area contributed by atoms with Gasteiger partial charge in [0.25, 0.3) is 11.5 Å². The topological polar surface area (TPSA) is 105 Å². The summed E-state index contributed by atoms with van der Waals surface area (Å²) in [4.78, 5) is 45.6. The molecule has 0 radical (unpaired) electrons. The third kappa shape index (κ3) is 3.54. The zero-order chi connectivity index (χ0) is 22.8. The molecule has 168 valence electrons. The van der Waals surface area contributed by atoms with E-state index in [-0.39, 0.29) is 30.5 Å². The largest absolute Gasteiger partial charge is 0.396 e. The summed E-state index contributed by atoms with van der Waals surface area (Å²) in [5.41, 5.74) is 1.48. The van der Waals surface area contributed by atoms with Crippen molar-refractivity contribution in [2.45, 2.75) is 38.9 Å². The number of aliphatic hydroxyl groups excluding tert-OH is 1. The Hall–Kier alpha value is -3.26. The highest BCUT2D eigenvalue weighted by Gasteiger charge is 2.57. The van der Waals surface area contributed by atoms with Gasteiger partial charge in [0.05, 0.1) is 18.0 Å². The molecule has 0 saturated carbocycles. The number of allylic oxidation sites excluding steroid dienone is 1. The molecular formula is C24H28N4O4. The number of carbonyl (C=O) groups excluding carboxylic acids is 2. The molecule has 32 heavy (non-hydrogen) atoms. The van der Waals surface area contributed by atoms with Crippen LogP contribution in [0.5, 0.6) is 0 Å². The number of fused-ring (bicyclic) bond motifs is 4. The van der Waals surface area contributed by atoms with E-state index in [1.165, 1.54) is 0 Å². The van der Waals surface area contributed by atoms with Crippen molar-refractivity contribution < 1.29 is 14.7 Å². The lowest BCUT2D eigenvalue weighted by Crippen LogP contribution is -2.49. The Balaban J connectivity index is 1.86. The van der Waals surface area contributed by atoms with Crippen molar-refractivity contribution in [3.05, 3.63) is 69.9 Å². The Bertz CT molecular complexity index is 1090. The second kappa shape index (κ2) is 9.08. The quantitative estimate of drug-likeness (QED) is 0.716. The number of aliphatic hydroxyl groups is 1. The lowest BCUT2D eigenvalue weighted by Gasteiger charge is -2.38. The molecule has 2 aromatic rings. The molecule has 2 N–H and O–H groups in total. The van der Waals surface area contributed by atoms with Crippen LogP contribution in [0.4, 0.5) is 0 Å². The van der Waals surface area contributed by atoms with Crippen LogP contribution >= 0.6 is 0 Å². The van der Waals surface area contributed by atoms with Gasteiger partial charge in [-0.2, -0.15) is 0 Å². The van der Waals surface area contributed by atoms with Crippen LogP contribution in [0.2, 0.25) is 0 Å². The molecule has 8 heteroatoms. The summed E-state index contributed by atoms with van der Waals surface area (Å²) >= 11 is 0. The van der Waals surface area contributed by atoms with Crippen LogP contribution in [-0.2, 0) is 11.3 Å². The van der Waals surface area contributed by atoms with E-state index >= 15 is 0 Å². The van der Waals surface area contributed by atoms with E-state index in [2.05, 4.69) is 10.3 Å². The van der Waals surface area contributed by atoms with Gasteiger partial charge in [0.2, 0.25) is 5.91 Å². The predicted molar refractivity (Wildman–Crippen MR) is 120 cm³/mol. The van der Waals surface area contributed by atoms with E-state index in [0.717, 1.165) is 6.42 Å². The highest BCUT2D eigenvalue weighted by Crippen LogP contribution is 2.48. The number of pyridine rings is 2. The number of amides is 2. The van der Waals surface area contributed by atoms with Crippen LogP contribution in [-0.4, -0.2) is 50.6 Å². The number of hydrogen-bond acceptors (Lipinski definition) is 5. The van der Waals surface area contributed by atoms with Crippen LogP contribution < -0.4 is 10.9 Å². The van der Waals surface area contributed by atoms with Gasteiger partial charge >= 0.3 is 0 Å². The van der Waals surface area contributed by atoms with Crippen molar-refractivity contribution in [3.8, 4) is 0 Å². The summed E-state index contributed by atoms with van der Waals surface area (Å²) in [5, 5.41) is 13.2. The van der Waals surface area contributed by atoms with Crippen LogP contribution in [0.3, 0.4) is 0 Å². The number of hydrogen-bond donors (Lipinski definition) is 2. The first-order valence-electron chi connectivity index (χ1n) is 11.0. The fourth-order valence-corrected chi connectivity index (χ4v) is 5.02. The van der Waals surface area contributed by atoms with Crippen LogP contribution in [0.15, 0.2) is 47.5 Å². The van der Waals surface area contributed by atoms with Crippen molar-refractivity contribution >= 4 is 17.9 Å². The van der Waals surface area contributed by atoms with E-state index in [0.29, 0.717) is 23.4 Å². The lowest BCUT2D eigenvalue weighted by atomic mass is 9.86. The summed E-state index contributed by atoms with van der Waals surface area (Å²) in [7, 11) is 0. The van der Waals surface area contributed by atoms with Crippen molar-refractivity contribution in [1.82, 2.24) is 19.8 Å². The molecular weight excluding hydrogens is 408 g/mol. The molecule has 2 amide bonds.